The maximum atomic E-state index is 13.0. The second-order valence-corrected chi connectivity index (χ2v) is 12.3. The number of urea groups is 1. The van der Waals surface area contributed by atoms with Crippen LogP contribution in [0.15, 0.2) is 17.2 Å². The van der Waals surface area contributed by atoms with E-state index in [-0.39, 0.29) is 23.3 Å². The van der Waals surface area contributed by atoms with Crippen molar-refractivity contribution in [1.29, 1.82) is 0 Å². The zero-order valence-corrected chi connectivity index (χ0v) is 21.7. The summed E-state index contributed by atoms with van der Waals surface area (Å²) in [5.41, 5.74) is 4.77. The molecule has 1 aliphatic heterocycles. The lowest BCUT2D eigenvalue weighted by Gasteiger charge is -2.32. The molecule has 2 heterocycles. The molecule has 194 valence electrons. The molecule has 0 bridgehead atoms. The van der Waals surface area contributed by atoms with Gasteiger partial charge in [-0.3, -0.25) is 0 Å². The van der Waals surface area contributed by atoms with Gasteiger partial charge in [0.15, 0.2) is 4.90 Å². The third-order valence-corrected chi connectivity index (χ3v) is 7.97. The van der Waals surface area contributed by atoms with Crippen molar-refractivity contribution in [3.63, 3.8) is 0 Å². The molecule has 1 aromatic carbocycles. The molecule has 0 saturated heterocycles. The van der Waals surface area contributed by atoms with Crippen molar-refractivity contribution in [3.8, 4) is 5.88 Å². The van der Waals surface area contributed by atoms with Crippen LogP contribution < -0.4 is 14.8 Å². The maximum Gasteiger partial charge on any atom is 0.410 e. The number of nitrogens with zero attached hydrogens (tertiary/aromatic N) is 3. The van der Waals surface area contributed by atoms with Crippen molar-refractivity contribution in [2.45, 2.75) is 63.5 Å². The normalized spacial score (nSPS) is 17.8. The van der Waals surface area contributed by atoms with Crippen LogP contribution in [0.5, 0.6) is 5.88 Å². The lowest BCUT2D eigenvalue weighted by Crippen LogP contribution is -2.41. The van der Waals surface area contributed by atoms with Gasteiger partial charge in [-0.2, -0.15) is 5.10 Å². The standard InChI is InChI=1S/C24H31N5O6S/c1-24(2,3)35-23(31)28(4)11-14-12-29-21(34-13-14)19(10-25-29)36(32,33)27-22(30)26-20-17-7-5-15(17)9-16-6-8-18(16)20/h9-10,14H,5-8,11-13H2,1-4H3,(H2,26,27,30). The molecular formula is C24H31N5O6S. The second kappa shape index (κ2) is 8.68. The van der Waals surface area contributed by atoms with Gasteiger partial charge in [0.1, 0.15) is 5.60 Å². The van der Waals surface area contributed by atoms with E-state index < -0.39 is 27.7 Å². The SMILES string of the molecule is CN(CC1COc2c(S(=O)(=O)NC(=O)Nc3c4c(cc5c3CC5)CC4)cnn2C1)C(=O)OC(C)(C)C. The predicted octanol–water partition coefficient (Wildman–Crippen LogP) is 2.47. The van der Waals surface area contributed by atoms with E-state index in [1.165, 1.54) is 26.9 Å². The van der Waals surface area contributed by atoms with Gasteiger partial charge in [0.25, 0.3) is 10.0 Å². The minimum Gasteiger partial charge on any atom is -0.476 e. The number of aromatic nitrogens is 2. The molecule has 0 saturated carbocycles. The zero-order valence-electron chi connectivity index (χ0n) is 20.9. The van der Waals surface area contributed by atoms with Crippen molar-refractivity contribution in [1.82, 2.24) is 19.4 Å². The monoisotopic (exact) mass is 517 g/mol. The lowest BCUT2D eigenvalue weighted by molar-refractivity contribution is 0.0232. The molecule has 12 heteroatoms. The van der Waals surface area contributed by atoms with Crippen molar-refractivity contribution in [2.24, 2.45) is 5.92 Å². The Morgan fingerprint density at radius 2 is 1.86 bits per heavy atom. The molecule has 0 spiro atoms. The van der Waals surface area contributed by atoms with Crippen molar-refractivity contribution in [2.75, 3.05) is 25.5 Å². The highest BCUT2D eigenvalue weighted by atomic mass is 32.2. The van der Waals surface area contributed by atoms with Crippen LogP contribution in [0.25, 0.3) is 0 Å². The number of hydrogen-bond acceptors (Lipinski definition) is 7. The van der Waals surface area contributed by atoms with Gasteiger partial charge in [0.05, 0.1) is 19.3 Å². The van der Waals surface area contributed by atoms with Gasteiger partial charge in [-0.25, -0.2) is 27.4 Å². The minimum atomic E-state index is -4.22. The molecule has 3 amide bonds. The van der Waals surface area contributed by atoms with Crippen LogP contribution in [-0.4, -0.2) is 61.0 Å². The Kier molecular flexibility index (Phi) is 5.89. The maximum absolute atomic E-state index is 13.0. The molecule has 0 fully saturated rings. The first kappa shape index (κ1) is 24.4. The number of carbonyl (C=O) groups excluding carboxylic acids is 2. The van der Waals surface area contributed by atoms with Crippen LogP contribution in [0.1, 0.15) is 43.0 Å². The smallest absolute Gasteiger partial charge is 0.410 e. The molecule has 1 unspecified atom stereocenters. The molecule has 2 aliphatic carbocycles. The number of aryl methyl sites for hydroxylation is 2. The Morgan fingerprint density at radius 1 is 1.19 bits per heavy atom. The van der Waals surface area contributed by atoms with Crippen LogP contribution in [0.3, 0.4) is 0 Å². The molecule has 36 heavy (non-hydrogen) atoms. The van der Waals surface area contributed by atoms with Gasteiger partial charge in [-0.1, -0.05) is 6.07 Å². The van der Waals surface area contributed by atoms with Gasteiger partial charge in [0.2, 0.25) is 5.88 Å². The fourth-order valence-electron chi connectivity index (χ4n) is 4.76. The Morgan fingerprint density at radius 3 is 2.44 bits per heavy atom. The minimum absolute atomic E-state index is 0.0689. The van der Waals surface area contributed by atoms with Gasteiger partial charge in [-0.15, -0.1) is 0 Å². The average Bonchev–Trinajstić information content (AvgIpc) is 3.14. The summed E-state index contributed by atoms with van der Waals surface area (Å²) >= 11 is 0. The van der Waals surface area contributed by atoms with Crippen LogP contribution >= 0.6 is 0 Å². The first-order chi connectivity index (χ1) is 16.9. The first-order valence-corrected chi connectivity index (χ1v) is 13.5. The predicted molar refractivity (Wildman–Crippen MR) is 131 cm³/mol. The van der Waals surface area contributed by atoms with Gasteiger partial charge in [-0.05, 0) is 68.7 Å². The van der Waals surface area contributed by atoms with Crippen molar-refractivity contribution in [3.05, 3.63) is 34.5 Å². The molecule has 2 aromatic rings. The van der Waals surface area contributed by atoms with Crippen molar-refractivity contribution >= 4 is 27.8 Å². The van der Waals surface area contributed by atoms with E-state index in [2.05, 4.69) is 21.2 Å². The van der Waals surface area contributed by atoms with Gasteiger partial charge < -0.3 is 19.7 Å². The number of rotatable bonds is 5. The number of anilines is 1. The Labute approximate surface area is 210 Å². The Bertz CT molecular complexity index is 1310. The largest absolute Gasteiger partial charge is 0.476 e. The highest BCUT2D eigenvalue weighted by Gasteiger charge is 2.33. The van der Waals surface area contributed by atoms with Crippen LogP contribution in [0.4, 0.5) is 15.3 Å². The second-order valence-electron chi connectivity index (χ2n) is 10.6. The number of hydrogen-bond donors (Lipinski definition) is 2. The number of benzene rings is 1. The fraction of sp³-hybridized carbons (Fsp3) is 0.542. The van der Waals surface area contributed by atoms with Gasteiger partial charge in [0, 0.05) is 25.2 Å². The van der Waals surface area contributed by atoms with E-state index in [0.29, 0.717) is 13.1 Å². The molecule has 1 aromatic heterocycles. The summed E-state index contributed by atoms with van der Waals surface area (Å²) in [6.07, 6.45) is 4.43. The number of fused-ring (bicyclic) bond motifs is 3. The number of sulfonamides is 1. The summed E-state index contributed by atoms with van der Waals surface area (Å²) in [4.78, 5) is 26.2. The molecule has 5 rings (SSSR count). The molecular weight excluding hydrogens is 486 g/mol. The summed E-state index contributed by atoms with van der Waals surface area (Å²) in [5, 5.41) is 6.92. The first-order valence-electron chi connectivity index (χ1n) is 12.0. The Hall–Kier alpha value is -3.28. The van der Waals surface area contributed by atoms with Gasteiger partial charge >= 0.3 is 12.1 Å². The average molecular weight is 518 g/mol. The van der Waals surface area contributed by atoms with E-state index in [9.17, 15) is 18.0 Å². The summed E-state index contributed by atoms with van der Waals surface area (Å²) in [5.74, 6) is -0.0458. The third kappa shape index (κ3) is 4.61. The number of nitrogens with one attached hydrogen (secondary N) is 2. The van der Waals surface area contributed by atoms with E-state index in [0.717, 1.165) is 42.5 Å². The summed E-state index contributed by atoms with van der Waals surface area (Å²) in [6, 6.07) is 1.38. The summed E-state index contributed by atoms with van der Waals surface area (Å²) < 4.78 is 40.6. The number of amides is 3. The molecule has 11 nitrogen and oxygen atoms in total. The topological polar surface area (TPSA) is 132 Å². The highest BCUT2D eigenvalue weighted by Crippen LogP contribution is 2.40. The van der Waals surface area contributed by atoms with Crippen LogP contribution in [-0.2, 0) is 47.0 Å². The zero-order chi connectivity index (χ0) is 25.8. The van der Waals surface area contributed by atoms with E-state index >= 15 is 0 Å². The van der Waals surface area contributed by atoms with E-state index in [1.807, 2.05) is 0 Å². The summed E-state index contributed by atoms with van der Waals surface area (Å²) in [7, 11) is -2.58. The number of carbonyl (C=O) groups is 2. The van der Waals surface area contributed by atoms with Crippen molar-refractivity contribution < 1.29 is 27.5 Å². The molecule has 0 radical (unpaired) electrons. The van der Waals surface area contributed by atoms with Crippen LogP contribution in [0.2, 0.25) is 0 Å². The summed E-state index contributed by atoms with van der Waals surface area (Å²) in [6.45, 7) is 6.28. The third-order valence-electron chi connectivity index (χ3n) is 6.65. The Balaban J connectivity index is 1.23. The molecule has 1 atom stereocenters. The molecule has 2 N–H and O–H groups in total. The van der Waals surface area contributed by atoms with E-state index in [1.54, 1.807) is 27.8 Å². The highest BCUT2D eigenvalue weighted by molar-refractivity contribution is 7.90. The lowest BCUT2D eigenvalue weighted by atomic mass is 9.76. The number of ether oxygens (including phenoxy) is 2. The quantitative estimate of drug-likeness (QED) is 0.623. The molecule has 3 aliphatic rings. The van der Waals surface area contributed by atoms with E-state index in [4.69, 9.17) is 9.47 Å². The fourth-order valence-corrected chi connectivity index (χ4v) is 5.75. The van der Waals surface area contributed by atoms with Crippen LogP contribution in [0, 0.1) is 5.92 Å².